The normalized spacial score (nSPS) is 21.7. The van der Waals surface area contributed by atoms with E-state index >= 15 is 0 Å². The predicted octanol–water partition coefficient (Wildman–Crippen LogP) is 5.57. The summed E-state index contributed by atoms with van der Waals surface area (Å²) in [6, 6.07) is 6.65. The van der Waals surface area contributed by atoms with Crippen molar-refractivity contribution in [2.24, 2.45) is 11.1 Å². The highest BCUT2D eigenvalue weighted by Crippen LogP contribution is 2.55. The van der Waals surface area contributed by atoms with E-state index in [1.165, 1.54) is 6.07 Å². The number of ether oxygens (including phenoxy) is 1. The quantitative estimate of drug-likeness (QED) is 0.519. The van der Waals surface area contributed by atoms with Gasteiger partial charge in [-0.25, -0.2) is 4.79 Å². The molecule has 1 unspecified atom stereocenters. The van der Waals surface area contributed by atoms with E-state index in [9.17, 15) is 22.4 Å². The number of hydrogen-bond acceptors (Lipinski definition) is 5. The van der Waals surface area contributed by atoms with Gasteiger partial charge in [0.05, 0.1) is 0 Å². The maximum absolute atomic E-state index is 14.5. The molecule has 5 nitrogen and oxygen atoms in total. The van der Waals surface area contributed by atoms with Gasteiger partial charge in [-0.2, -0.15) is 17.6 Å². The van der Waals surface area contributed by atoms with Gasteiger partial charge in [0.1, 0.15) is 0 Å². The molecule has 3 heterocycles. The number of carbonyl (C=O) groups is 1. The lowest BCUT2D eigenvalue weighted by molar-refractivity contribution is -0.291. The summed E-state index contributed by atoms with van der Waals surface area (Å²) >= 11 is 0.904. The maximum atomic E-state index is 14.5. The molecule has 1 aliphatic rings. The standard InChI is InChI=1S/C23H29F4N3O2S/c1-15-5-6-16(13-29-15)20(2,3)30-12-11-22(14-30,10-9-17-7-8-18(24)33-17)21(4,23(25,26)27)32-19(28)31/h5-8,13H,9-12,14H2,1-4H3,(H2,28,31)/t21?,22-/m1/s1. The first kappa shape index (κ1) is 25.4. The van der Waals surface area contributed by atoms with Gasteiger partial charge in [0.25, 0.3) is 0 Å². The number of carbonyl (C=O) groups excluding carboxylic acids is 1. The highest BCUT2D eigenvalue weighted by molar-refractivity contribution is 7.10. The molecule has 0 saturated carbocycles. The van der Waals surface area contributed by atoms with Gasteiger partial charge in [-0.1, -0.05) is 6.07 Å². The van der Waals surface area contributed by atoms with Gasteiger partial charge >= 0.3 is 12.3 Å². The number of amides is 1. The van der Waals surface area contributed by atoms with Crippen molar-refractivity contribution in [1.82, 2.24) is 9.88 Å². The van der Waals surface area contributed by atoms with Crippen LogP contribution in [-0.4, -0.2) is 40.8 Å². The fourth-order valence-electron chi connectivity index (χ4n) is 4.71. The lowest BCUT2D eigenvalue weighted by Gasteiger charge is -2.47. The molecule has 1 saturated heterocycles. The molecule has 2 atom stereocenters. The van der Waals surface area contributed by atoms with Crippen LogP contribution < -0.4 is 5.73 Å². The Balaban J connectivity index is 2.00. The van der Waals surface area contributed by atoms with Crippen molar-refractivity contribution in [3.8, 4) is 0 Å². The molecule has 3 rings (SSSR count). The minimum absolute atomic E-state index is 0.0189. The summed E-state index contributed by atoms with van der Waals surface area (Å²) in [4.78, 5) is 18.5. The van der Waals surface area contributed by atoms with Crippen molar-refractivity contribution in [2.75, 3.05) is 13.1 Å². The van der Waals surface area contributed by atoms with E-state index in [-0.39, 0.29) is 25.8 Å². The third-order valence-electron chi connectivity index (χ3n) is 7.10. The Morgan fingerprint density at radius 2 is 1.94 bits per heavy atom. The molecule has 0 aliphatic carbocycles. The lowest BCUT2D eigenvalue weighted by Crippen LogP contribution is -2.61. The molecule has 2 aromatic rings. The number of halogens is 4. The Morgan fingerprint density at radius 1 is 1.24 bits per heavy atom. The summed E-state index contributed by atoms with van der Waals surface area (Å²) in [6.07, 6.45) is -4.19. The van der Waals surface area contributed by atoms with E-state index in [0.29, 0.717) is 11.4 Å². The van der Waals surface area contributed by atoms with Crippen molar-refractivity contribution in [1.29, 1.82) is 0 Å². The van der Waals surface area contributed by atoms with Gasteiger partial charge in [-0.05, 0) is 77.3 Å². The van der Waals surface area contributed by atoms with E-state index in [1.807, 2.05) is 37.8 Å². The first-order valence-corrected chi connectivity index (χ1v) is 11.5. The van der Waals surface area contributed by atoms with E-state index in [0.717, 1.165) is 29.5 Å². The van der Waals surface area contributed by atoms with Crippen molar-refractivity contribution in [2.45, 2.75) is 64.3 Å². The molecular formula is C23H29F4N3O2S. The largest absolute Gasteiger partial charge is 0.433 e. The van der Waals surface area contributed by atoms with E-state index in [1.54, 1.807) is 12.3 Å². The molecular weight excluding hydrogens is 458 g/mol. The minimum Gasteiger partial charge on any atom is -0.433 e. The first-order chi connectivity index (χ1) is 15.2. The molecule has 0 spiro atoms. The number of aromatic nitrogens is 1. The van der Waals surface area contributed by atoms with Crippen LogP contribution in [0.5, 0.6) is 0 Å². The summed E-state index contributed by atoms with van der Waals surface area (Å²) in [7, 11) is 0. The molecule has 1 aliphatic heterocycles. The zero-order valence-electron chi connectivity index (χ0n) is 19.1. The Morgan fingerprint density at radius 3 is 2.45 bits per heavy atom. The van der Waals surface area contributed by atoms with Gasteiger partial charge in [-0.3, -0.25) is 9.88 Å². The number of rotatable bonds is 7. The number of thiophene rings is 1. The van der Waals surface area contributed by atoms with Crippen molar-refractivity contribution >= 4 is 17.4 Å². The summed E-state index contributed by atoms with van der Waals surface area (Å²) in [5, 5.41) is -0.396. The molecule has 2 aromatic heterocycles. The average Bonchev–Trinajstić information content (AvgIpc) is 3.33. The van der Waals surface area contributed by atoms with Gasteiger partial charge in [0.15, 0.2) is 5.13 Å². The second kappa shape index (κ2) is 8.87. The molecule has 10 heteroatoms. The second-order valence-corrected chi connectivity index (χ2v) is 10.5. The number of aryl methyl sites for hydroxylation is 2. The van der Waals surface area contributed by atoms with E-state index < -0.39 is 34.0 Å². The van der Waals surface area contributed by atoms with Crippen LogP contribution in [0, 0.1) is 17.5 Å². The zero-order valence-corrected chi connectivity index (χ0v) is 19.9. The van der Waals surface area contributed by atoms with Crippen molar-refractivity contribution < 1.29 is 27.1 Å². The first-order valence-electron chi connectivity index (χ1n) is 10.7. The third kappa shape index (κ3) is 4.87. The van der Waals surface area contributed by atoms with Gasteiger partial charge < -0.3 is 10.5 Å². The molecule has 0 aromatic carbocycles. The molecule has 2 N–H and O–H groups in total. The molecule has 182 valence electrons. The molecule has 0 radical (unpaired) electrons. The monoisotopic (exact) mass is 487 g/mol. The Bertz CT molecular complexity index is 992. The number of nitrogens with zero attached hydrogens (tertiary/aromatic N) is 2. The van der Waals surface area contributed by atoms with Crippen LogP contribution in [0.4, 0.5) is 22.4 Å². The Labute approximate surface area is 194 Å². The van der Waals surface area contributed by atoms with Gasteiger partial charge in [0, 0.05) is 34.3 Å². The highest BCUT2D eigenvalue weighted by Gasteiger charge is 2.68. The van der Waals surface area contributed by atoms with Crippen LogP contribution in [0.1, 0.15) is 49.7 Å². The number of pyridine rings is 1. The fraction of sp³-hybridized carbons (Fsp3) is 0.565. The van der Waals surface area contributed by atoms with Gasteiger partial charge in [0.2, 0.25) is 5.60 Å². The number of nitrogens with two attached hydrogens (primary N) is 1. The summed E-state index contributed by atoms with van der Waals surface area (Å²) in [5.74, 6) is 0. The number of alkyl halides is 3. The maximum Gasteiger partial charge on any atom is 0.428 e. The van der Waals surface area contributed by atoms with E-state index in [4.69, 9.17) is 10.5 Å². The fourth-order valence-corrected chi connectivity index (χ4v) is 5.44. The van der Waals surface area contributed by atoms with E-state index in [2.05, 4.69) is 4.98 Å². The third-order valence-corrected chi connectivity index (χ3v) is 8.03. The lowest BCUT2D eigenvalue weighted by atomic mass is 9.68. The van der Waals surface area contributed by atoms with Crippen LogP contribution in [0.15, 0.2) is 30.5 Å². The van der Waals surface area contributed by atoms with Crippen LogP contribution >= 0.6 is 11.3 Å². The zero-order chi connectivity index (χ0) is 24.7. The SMILES string of the molecule is Cc1ccc(C(C)(C)N2CC[C@@](CCc3ccc(F)s3)(C(C)(OC(N)=O)C(F)(F)F)C2)cn1. The summed E-state index contributed by atoms with van der Waals surface area (Å²) in [5.41, 5.74) is 1.92. The molecule has 1 amide bonds. The smallest absolute Gasteiger partial charge is 0.428 e. The Hall–Kier alpha value is -2.20. The molecule has 1 fully saturated rings. The van der Waals surface area contributed by atoms with Crippen molar-refractivity contribution in [3.05, 3.63) is 51.7 Å². The van der Waals surface area contributed by atoms with Gasteiger partial charge in [-0.15, -0.1) is 11.3 Å². The van der Waals surface area contributed by atoms with Crippen LogP contribution in [0.25, 0.3) is 0 Å². The van der Waals surface area contributed by atoms with Crippen molar-refractivity contribution in [3.63, 3.8) is 0 Å². The predicted molar refractivity (Wildman–Crippen MR) is 118 cm³/mol. The number of primary amides is 1. The molecule has 33 heavy (non-hydrogen) atoms. The summed E-state index contributed by atoms with van der Waals surface area (Å²) < 4.78 is 61.8. The second-order valence-electron chi connectivity index (χ2n) is 9.36. The number of hydrogen-bond donors (Lipinski definition) is 1. The minimum atomic E-state index is -4.85. The summed E-state index contributed by atoms with van der Waals surface area (Å²) in [6.45, 7) is 7.00. The highest BCUT2D eigenvalue weighted by atomic mass is 32.1. The Kier molecular flexibility index (Phi) is 6.83. The average molecular weight is 488 g/mol. The van der Waals surface area contributed by atoms with Crippen LogP contribution in [-0.2, 0) is 16.7 Å². The molecule has 0 bridgehead atoms. The number of likely N-dealkylation sites (tertiary alicyclic amines) is 1. The topological polar surface area (TPSA) is 68.5 Å². The van der Waals surface area contributed by atoms with Crippen LogP contribution in [0.3, 0.4) is 0 Å². The van der Waals surface area contributed by atoms with Crippen LogP contribution in [0.2, 0.25) is 0 Å².